The molecule has 1 fully saturated rings. The van der Waals surface area contributed by atoms with Crippen LogP contribution in [-0.2, 0) is 19.7 Å². The topological polar surface area (TPSA) is 55.4 Å². The summed E-state index contributed by atoms with van der Waals surface area (Å²) in [6.07, 6.45) is 0.0392. The minimum atomic E-state index is -1.03. The summed E-state index contributed by atoms with van der Waals surface area (Å²) < 4.78 is 18.0. The van der Waals surface area contributed by atoms with Crippen molar-refractivity contribution >= 4 is 11.9 Å². The molecular formula is C13H14FNO3. The van der Waals surface area contributed by atoms with E-state index in [0.717, 1.165) is 0 Å². The Morgan fingerprint density at radius 3 is 2.61 bits per heavy atom. The first kappa shape index (κ1) is 12.5. The molecule has 1 heterocycles. The van der Waals surface area contributed by atoms with Crippen molar-refractivity contribution in [3.63, 3.8) is 0 Å². The van der Waals surface area contributed by atoms with Crippen molar-refractivity contribution in [2.24, 2.45) is 0 Å². The van der Waals surface area contributed by atoms with E-state index in [1.165, 1.54) is 24.3 Å². The third-order valence-corrected chi connectivity index (χ3v) is 3.11. The molecule has 0 radical (unpaired) electrons. The molecule has 18 heavy (non-hydrogen) atoms. The molecule has 1 aromatic rings. The summed E-state index contributed by atoms with van der Waals surface area (Å²) in [5.74, 6) is -1.03. The van der Waals surface area contributed by atoms with Crippen molar-refractivity contribution < 1.29 is 18.7 Å². The van der Waals surface area contributed by atoms with Gasteiger partial charge in [0.15, 0.2) is 0 Å². The average Bonchev–Trinajstić information content (AvgIpc) is 2.74. The molecule has 1 atom stereocenters. The molecule has 96 valence electrons. The number of rotatable bonds is 3. The Kier molecular flexibility index (Phi) is 3.32. The molecule has 5 heteroatoms. The maximum Gasteiger partial charge on any atom is 0.318 e. The van der Waals surface area contributed by atoms with Crippen molar-refractivity contribution in [3.05, 3.63) is 35.6 Å². The number of ether oxygens (including phenoxy) is 1. The second kappa shape index (κ2) is 4.76. The highest BCUT2D eigenvalue weighted by molar-refractivity contribution is 5.94. The van der Waals surface area contributed by atoms with Gasteiger partial charge in [-0.05, 0) is 24.6 Å². The Morgan fingerprint density at radius 1 is 1.44 bits per heavy atom. The summed E-state index contributed by atoms with van der Waals surface area (Å²) >= 11 is 0. The van der Waals surface area contributed by atoms with Gasteiger partial charge in [-0.15, -0.1) is 0 Å². The standard InChI is InChI=1S/C13H14FNO3/c1-2-18-12(17)13(7-11(16)15-8-13)9-3-5-10(14)6-4-9/h3-6H,2,7-8H2,1H3,(H,15,16). The number of nitrogens with one attached hydrogen (secondary N) is 1. The average molecular weight is 251 g/mol. The van der Waals surface area contributed by atoms with E-state index in [-0.39, 0.29) is 31.3 Å². The number of hydrogen-bond acceptors (Lipinski definition) is 3. The molecule has 0 saturated carbocycles. The van der Waals surface area contributed by atoms with Crippen molar-refractivity contribution in [1.82, 2.24) is 5.32 Å². The van der Waals surface area contributed by atoms with Crippen LogP contribution in [0.15, 0.2) is 24.3 Å². The van der Waals surface area contributed by atoms with Crippen molar-refractivity contribution in [3.8, 4) is 0 Å². The first-order chi connectivity index (χ1) is 8.58. The van der Waals surface area contributed by atoms with Gasteiger partial charge in [0.2, 0.25) is 5.91 Å². The van der Waals surface area contributed by atoms with Crippen LogP contribution in [0, 0.1) is 5.82 Å². The van der Waals surface area contributed by atoms with E-state index >= 15 is 0 Å². The number of carbonyl (C=O) groups excluding carboxylic acids is 2. The summed E-state index contributed by atoms with van der Waals surface area (Å²) in [5.41, 5.74) is -0.429. The normalized spacial score (nSPS) is 22.7. The van der Waals surface area contributed by atoms with E-state index < -0.39 is 11.4 Å². The van der Waals surface area contributed by atoms with Crippen LogP contribution >= 0.6 is 0 Å². The molecule has 1 aromatic carbocycles. The van der Waals surface area contributed by atoms with E-state index in [1.54, 1.807) is 6.92 Å². The quantitative estimate of drug-likeness (QED) is 0.820. The third-order valence-electron chi connectivity index (χ3n) is 3.11. The minimum Gasteiger partial charge on any atom is -0.465 e. The first-order valence-electron chi connectivity index (χ1n) is 5.78. The zero-order valence-corrected chi connectivity index (χ0v) is 10.0. The van der Waals surface area contributed by atoms with Crippen molar-refractivity contribution in [1.29, 1.82) is 0 Å². The van der Waals surface area contributed by atoms with Gasteiger partial charge in [0.05, 0.1) is 6.61 Å². The third kappa shape index (κ3) is 2.08. The molecule has 1 N–H and O–H groups in total. The lowest BCUT2D eigenvalue weighted by Crippen LogP contribution is -2.39. The van der Waals surface area contributed by atoms with Gasteiger partial charge in [-0.25, -0.2) is 4.39 Å². The van der Waals surface area contributed by atoms with Crippen molar-refractivity contribution in [2.75, 3.05) is 13.2 Å². The maximum atomic E-state index is 12.9. The monoisotopic (exact) mass is 251 g/mol. The van der Waals surface area contributed by atoms with Gasteiger partial charge in [0.25, 0.3) is 0 Å². The Morgan fingerprint density at radius 2 is 2.11 bits per heavy atom. The van der Waals surface area contributed by atoms with Crippen molar-refractivity contribution in [2.45, 2.75) is 18.8 Å². The molecular weight excluding hydrogens is 237 g/mol. The highest BCUT2D eigenvalue weighted by Crippen LogP contribution is 2.33. The second-order valence-corrected chi connectivity index (χ2v) is 4.26. The van der Waals surface area contributed by atoms with Crippen LogP contribution < -0.4 is 5.32 Å². The number of halogens is 1. The predicted octanol–water partition coefficient (Wildman–Crippen LogP) is 1.15. The largest absolute Gasteiger partial charge is 0.465 e. The lowest BCUT2D eigenvalue weighted by atomic mass is 9.79. The highest BCUT2D eigenvalue weighted by atomic mass is 19.1. The van der Waals surface area contributed by atoms with Gasteiger partial charge in [-0.2, -0.15) is 0 Å². The van der Waals surface area contributed by atoms with Gasteiger partial charge in [-0.3, -0.25) is 9.59 Å². The van der Waals surface area contributed by atoms with Gasteiger partial charge in [0.1, 0.15) is 11.2 Å². The molecule has 1 unspecified atom stereocenters. The molecule has 0 spiro atoms. The molecule has 4 nitrogen and oxygen atoms in total. The zero-order chi connectivity index (χ0) is 13.2. The number of esters is 1. The van der Waals surface area contributed by atoms with Gasteiger partial charge in [-0.1, -0.05) is 12.1 Å². The lowest BCUT2D eigenvalue weighted by Gasteiger charge is -2.25. The fourth-order valence-corrected chi connectivity index (χ4v) is 2.15. The Hall–Kier alpha value is -1.91. The molecule has 0 aromatic heterocycles. The zero-order valence-electron chi connectivity index (χ0n) is 10.0. The van der Waals surface area contributed by atoms with Gasteiger partial charge >= 0.3 is 5.97 Å². The number of amides is 1. The molecule has 1 amide bonds. The van der Waals surface area contributed by atoms with Crippen LogP contribution in [0.5, 0.6) is 0 Å². The van der Waals surface area contributed by atoms with Crippen LogP contribution in [0.4, 0.5) is 4.39 Å². The number of carbonyl (C=O) groups is 2. The SMILES string of the molecule is CCOC(=O)C1(c2ccc(F)cc2)CNC(=O)C1. The first-order valence-corrected chi connectivity index (χ1v) is 5.78. The summed E-state index contributed by atoms with van der Waals surface area (Å²) in [4.78, 5) is 23.5. The minimum absolute atomic E-state index is 0.0392. The molecule has 0 bridgehead atoms. The van der Waals surface area contributed by atoms with Crippen LogP contribution in [-0.4, -0.2) is 25.0 Å². The number of benzene rings is 1. The van der Waals surface area contributed by atoms with Crippen LogP contribution in [0.2, 0.25) is 0 Å². The number of hydrogen-bond donors (Lipinski definition) is 1. The summed E-state index contributed by atoms with van der Waals surface area (Å²) in [7, 11) is 0. The van der Waals surface area contributed by atoms with Gasteiger partial charge in [0, 0.05) is 13.0 Å². The van der Waals surface area contributed by atoms with E-state index in [0.29, 0.717) is 5.56 Å². The summed E-state index contributed by atoms with van der Waals surface area (Å²) in [5, 5.41) is 2.63. The Balaban J connectivity index is 2.39. The summed E-state index contributed by atoms with van der Waals surface area (Å²) in [6, 6.07) is 5.59. The van der Waals surface area contributed by atoms with Gasteiger partial charge < -0.3 is 10.1 Å². The van der Waals surface area contributed by atoms with E-state index in [9.17, 15) is 14.0 Å². The van der Waals surface area contributed by atoms with E-state index in [1.807, 2.05) is 0 Å². The maximum absolute atomic E-state index is 12.9. The lowest BCUT2D eigenvalue weighted by molar-refractivity contribution is -0.150. The molecule has 1 aliphatic heterocycles. The van der Waals surface area contributed by atoms with E-state index in [2.05, 4.69) is 5.32 Å². The fraction of sp³-hybridized carbons (Fsp3) is 0.385. The molecule has 1 saturated heterocycles. The second-order valence-electron chi connectivity index (χ2n) is 4.26. The molecule has 2 rings (SSSR count). The summed E-state index contributed by atoms with van der Waals surface area (Å²) in [6.45, 7) is 2.15. The predicted molar refractivity (Wildman–Crippen MR) is 62.3 cm³/mol. The Labute approximate surface area is 104 Å². The Bertz CT molecular complexity index is 472. The van der Waals surface area contributed by atoms with Crippen LogP contribution in [0.1, 0.15) is 18.9 Å². The fourth-order valence-electron chi connectivity index (χ4n) is 2.15. The van der Waals surface area contributed by atoms with Crippen LogP contribution in [0.3, 0.4) is 0 Å². The molecule has 1 aliphatic rings. The van der Waals surface area contributed by atoms with E-state index in [4.69, 9.17) is 4.74 Å². The highest BCUT2D eigenvalue weighted by Gasteiger charge is 2.47. The molecule has 0 aliphatic carbocycles. The van der Waals surface area contributed by atoms with Crippen LogP contribution in [0.25, 0.3) is 0 Å². The smallest absolute Gasteiger partial charge is 0.318 e.